The monoisotopic (exact) mass is 180 g/mol. The maximum absolute atomic E-state index is 9.58. The Morgan fingerprint density at radius 3 is 2.31 bits per heavy atom. The van der Waals surface area contributed by atoms with Crippen LogP contribution in [0.4, 0.5) is 11.4 Å². The maximum atomic E-state index is 9.58. The van der Waals surface area contributed by atoms with Crippen molar-refractivity contribution in [1.82, 2.24) is 0 Å². The van der Waals surface area contributed by atoms with Crippen LogP contribution in [-0.4, -0.2) is 5.11 Å². The van der Waals surface area contributed by atoms with E-state index >= 15 is 0 Å². The highest BCUT2D eigenvalue weighted by Crippen LogP contribution is 2.36. The van der Waals surface area contributed by atoms with Crippen LogP contribution in [0.25, 0.3) is 0 Å². The Bertz CT molecular complexity index is 332. The third-order valence-electron chi connectivity index (χ3n) is 2.18. The third-order valence-corrected chi connectivity index (χ3v) is 2.18. The van der Waals surface area contributed by atoms with Gasteiger partial charge in [-0.1, -0.05) is 13.8 Å². The lowest BCUT2D eigenvalue weighted by Crippen LogP contribution is -2.03. The van der Waals surface area contributed by atoms with E-state index in [1.165, 1.54) is 0 Å². The fourth-order valence-electron chi connectivity index (χ4n) is 1.52. The molecule has 0 amide bonds. The Morgan fingerprint density at radius 1 is 1.31 bits per heavy atom. The first-order valence-corrected chi connectivity index (χ1v) is 4.32. The molecule has 0 aliphatic heterocycles. The molecule has 0 aromatic heterocycles. The molecule has 0 aliphatic rings. The lowest BCUT2D eigenvalue weighted by atomic mass is 9.96. The SMILES string of the molecule is Cc1cc(N)c(C(C)C)c(N)c1O. The van der Waals surface area contributed by atoms with Gasteiger partial charge in [-0.2, -0.15) is 0 Å². The van der Waals surface area contributed by atoms with E-state index in [2.05, 4.69) is 0 Å². The zero-order chi connectivity index (χ0) is 10.2. The molecule has 0 radical (unpaired) electrons. The van der Waals surface area contributed by atoms with Crippen molar-refractivity contribution < 1.29 is 5.11 Å². The van der Waals surface area contributed by atoms with Crippen molar-refractivity contribution in [2.45, 2.75) is 26.7 Å². The molecule has 1 aromatic carbocycles. The lowest BCUT2D eigenvalue weighted by Gasteiger charge is -2.15. The first-order valence-electron chi connectivity index (χ1n) is 4.32. The molecule has 5 N–H and O–H groups in total. The summed E-state index contributed by atoms with van der Waals surface area (Å²) in [6.07, 6.45) is 0. The number of anilines is 2. The molecule has 0 bridgehead atoms. The van der Waals surface area contributed by atoms with E-state index in [9.17, 15) is 5.11 Å². The van der Waals surface area contributed by atoms with Crippen LogP contribution in [0, 0.1) is 6.92 Å². The molecule has 0 heterocycles. The van der Waals surface area contributed by atoms with Crippen molar-refractivity contribution >= 4 is 11.4 Å². The minimum absolute atomic E-state index is 0.151. The molecule has 0 unspecified atom stereocenters. The summed E-state index contributed by atoms with van der Waals surface area (Å²) in [5.74, 6) is 0.379. The van der Waals surface area contributed by atoms with Gasteiger partial charge in [0.2, 0.25) is 0 Å². The molecule has 0 spiro atoms. The van der Waals surface area contributed by atoms with E-state index in [0.717, 1.165) is 11.1 Å². The molecule has 1 aromatic rings. The van der Waals surface area contributed by atoms with Crippen LogP contribution >= 0.6 is 0 Å². The summed E-state index contributed by atoms with van der Waals surface area (Å²) >= 11 is 0. The van der Waals surface area contributed by atoms with Crippen LogP contribution in [0.5, 0.6) is 5.75 Å². The quantitative estimate of drug-likeness (QED) is 0.351. The minimum Gasteiger partial charge on any atom is -0.506 e. The summed E-state index contributed by atoms with van der Waals surface area (Å²) in [7, 11) is 0. The number of benzene rings is 1. The Kier molecular flexibility index (Phi) is 2.36. The van der Waals surface area contributed by atoms with Crippen molar-refractivity contribution in [3.8, 4) is 5.75 Å². The molecular formula is C10H16N2O. The Hall–Kier alpha value is -1.38. The predicted molar refractivity (Wildman–Crippen MR) is 55.8 cm³/mol. The summed E-state index contributed by atoms with van der Waals surface area (Å²) in [5, 5.41) is 9.58. The number of nitrogen functional groups attached to an aromatic ring is 2. The fourth-order valence-corrected chi connectivity index (χ4v) is 1.52. The summed E-state index contributed by atoms with van der Waals surface area (Å²) in [6.45, 7) is 5.78. The van der Waals surface area contributed by atoms with Crippen molar-refractivity contribution in [3.63, 3.8) is 0 Å². The maximum Gasteiger partial charge on any atom is 0.141 e. The highest BCUT2D eigenvalue weighted by Gasteiger charge is 2.13. The average molecular weight is 180 g/mol. The topological polar surface area (TPSA) is 72.3 Å². The number of hydrogen-bond acceptors (Lipinski definition) is 3. The van der Waals surface area contributed by atoms with E-state index in [-0.39, 0.29) is 11.7 Å². The fraction of sp³-hybridized carbons (Fsp3) is 0.400. The highest BCUT2D eigenvalue weighted by atomic mass is 16.3. The molecule has 1 rings (SSSR count). The van der Waals surface area contributed by atoms with Gasteiger partial charge in [0.05, 0.1) is 5.69 Å². The smallest absolute Gasteiger partial charge is 0.141 e. The number of nitrogens with two attached hydrogens (primary N) is 2. The largest absolute Gasteiger partial charge is 0.506 e. The molecule has 13 heavy (non-hydrogen) atoms. The van der Waals surface area contributed by atoms with Crippen LogP contribution in [0.2, 0.25) is 0 Å². The van der Waals surface area contributed by atoms with Crippen molar-refractivity contribution in [1.29, 1.82) is 0 Å². The first-order chi connectivity index (χ1) is 5.95. The van der Waals surface area contributed by atoms with Gasteiger partial charge < -0.3 is 16.6 Å². The van der Waals surface area contributed by atoms with Crippen LogP contribution < -0.4 is 11.5 Å². The number of hydrogen-bond donors (Lipinski definition) is 3. The molecule has 0 fully saturated rings. The summed E-state index contributed by atoms with van der Waals surface area (Å²) < 4.78 is 0. The van der Waals surface area contributed by atoms with Crippen molar-refractivity contribution in [3.05, 3.63) is 17.2 Å². The molecule has 72 valence electrons. The van der Waals surface area contributed by atoms with Gasteiger partial charge in [0, 0.05) is 11.3 Å². The third kappa shape index (κ3) is 1.54. The van der Waals surface area contributed by atoms with Crippen LogP contribution in [0.1, 0.15) is 30.9 Å². The number of rotatable bonds is 1. The van der Waals surface area contributed by atoms with E-state index in [1.54, 1.807) is 13.0 Å². The first kappa shape index (κ1) is 9.71. The van der Waals surface area contributed by atoms with E-state index in [4.69, 9.17) is 11.5 Å². The summed E-state index contributed by atoms with van der Waals surface area (Å²) in [5.41, 5.74) is 14.2. The summed E-state index contributed by atoms with van der Waals surface area (Å²) in [4.78, 5) is 0. The Morgan fingerprint density at radius 2 is 1.85 bits per heavy atom. The van der Waals surface area contributed by atoms with Crippen LogP contribution in [0.3, 0.4) is 0 Å². The van der Waals surface area contributed by atoms with Gasteiger partial charge in [0.15, 0.2) is 0 Å². The van der Waals surface area contributed by atoms with E-state index in [1.807, 2.05) is 13.8 Å². The molecule has 3 heteroatoms. The minimum atomic E-state index is 0.151. The van der Waals surface area contributed by atoms with E-state index in [0.29, 0.717) is 11.4 Å². The van der Waals surface area contributed by atoms with Gasteiger partial charge in [0.25, 0.3) is 0 Å². The zero-order valence-electron chi connectivity index (χ0n) is 8.26. The molecule has 0 saturated carbocycles. The van der Waals surface area contributed by atoms with E-state index < -0.39 is 0 Å². The Balaban J connectivity index is 3.44. The standard InChI is InChI=1S/C10H16N2O/c1-5(2)8-7(11)4-6(3)10(13)9(8)12/h4-5,13H,11-12H2,1-3H3. The second-order valence-electron chi connectivity index (χ2n) is 3.61. The molecule has 0 atom stereocenters. The number of aryl methyl sites for hydroxylation is 1. The van der Waals surface area contributed by atoms with Crippen LogP contribution in [-0.2, 0) is 0 Å². The second-order valence-corrected chi connectivity index (χ2v) is 3.61. The second kappa shape index (κ2) is 3.17. The predicted octanol–water partition coefficient (Wildman–Crippen LogP) is 1.99. The number of phenols is 1. The highest BCUT2D eigenvalue weighted by molar-refractivity contribution is 5.71. The van der Waals surface area contributed by atoms with Gasteiger partial charge in [0.1, 0.15) is 5.75 Å². The lowest BCUT2D eigenvalue weighted by molar-refractivity contribution is 0.473. The van der Waals surface area contributed by atoms with Gasteiger partial charge in [-0.15, -0.1) is 0 Å². The molecule has 3 nitrogen and oxygen atoms in total. The number of phenolic OH excluding ortho intramolecular Hbond substituents is 1. The van der Waals surface area contributed by atoms with Gasteiger partial charge in [-0.05, 0) is 24.5 Å². The molecule has 0 aliphatic carbocycles. The van der Waals surface area contributed by atoms with Crippen LogP contribution in [0.15, 0.2) is 6.07 Å². The van der Waals surface area contributed by atoms with Gasteiger partial charge >= 0.3 is 0 Å². The molecular weight excluding hydrogens is 164 g/mol. The molecule has 0 saturated heterocycles. The van der Waals surface area contributed by atoms with Crippen molar-refractivity contribution in [2.24, 2.45) is 0 Å². The van der Waals surface area contributed by atoms with Crippen molar-refractivity contribution in [2.75, 3.05) is 11.5 Å². The van der Waals surface area contributed by atoms with Gasteiger partial charge in [-0.3, -0.25) is 0 Å². The summed E-state index contributed by atoms with van der Waals surface area (Å²) in [6, 6.07) is 1.75. The van der Waals surface area contributed by atoms with Gasteiger partial charge in [-0.25, -0.2) is 0 Å². The average Bonchev–Trinajstić information content (AvgIpc) is 1.99. The Labute approximate surface area is 78.4 Å². The zero-order valence-corrected chi connectivity index (χ0v) is 8.26. The number of aromatic hydroxyl groups is 1. The normalized spacial score (nSPS) is 10.8.